The fraction of sp³-hybridized carbons (Fsp3) is 0.280. The van der Waals surface area contributed by atoms with Crippen LogP contribution in [0.1, 0.15) is 33.7 Å². The van der Waals surface area contributed by atoms with Crippen LogP contribution in [0.4, 0.5) is 13.2 Å². The molecular weight excluding hydrogens is 465 g/mol. The predicted molar refractivity (Wildman–Crippen MR) is 120 cm³/mol. The normalized spacial score (nSPS) is 15.3. The molecule has 0 unspecified atom stereocenters. The number of amides is 1. The summed E-state index contributed by atoms with van der Waals surface area (Å²) in [7, 11) is 3.07. The molecule has 0 radical (unpaired) electrons. The number of furan rings is 1. The lowest BCUT2D eigenvalue weighted by atomic mass is 10.0. The van der Waals surface area contributed by atoms with Crippen LogP contribution in [0.15, 0.2) is 70.4 Å². The van der Waals surface area contributed by atoms with Gasteiger partial charge in [-0.2, -0.15) is 13.2 Å². The molecule has 3 aromatic rings. The van der Waals surface area contributed by atoms with Gasteiger partial charge in [-0.15, -0.1) is 0 Å². The molecule has 4 rings (SSSR count). The van der Waals surface area contributed by atoms with Gasteiger partial charge in [0.15, 0.2) is 23.4 Å². The van der Waals surface area contributed by atoms with Crippen LogP contribution >= 0.6 is 0 Å². The molecule has 1 aromatic heterocycles. The third-order valence-corrected chi connectivity index (χ3v) is 5.52. The number of halogens is 3. The number of benzene rings is 2. The number of methoxy groups -OCH3 is 2. The summed E-state index contributed by atoms with van der Waals surface area (Å²) in [6, 6.07) is 13.3. The Labute approximate surface area is 199 Å². The third kappa shape index (κ3) is 5.59. The van der Waals surface area contributed by atoms with E-state index >= 15 is 0 Å². The maximum absolute atomic E-state index is 13.2. The minimum absolute atomic E-state index is 0.0605. The number of rotatable bonds is 8. The summed E-state index contributed by atoms with van der Waals surface area (Å²) in [5, 5.41) is 4.16. The van der Waals surface area contributed by atoms with Crippen LogP contribution in [-0.2, 0) is 17.6 Å². The van der Waals surface area contributed by atoms with E-state index in [1.807, 2.05) is 6.07 Å². The standard InChI is InChI=1S/C25H23F3N2O5/c1-32-21-9-8-17(12-23(21)33-2)20-13-19(35-29-20)15-30(24(31)22-7-4-10-34-22)14-16-5-3-6-18(11-16)25(26,27)28/h3-12,19H,13-15H2,1-2H3/t19-/m0/s1. The Morgan fingerprint density at radius 3 is 2.57 bits per heavy atom. The quantitative estimate of drug-likeness (QED) is 0.439. The van der Waals surface area contributed by atoms with Gasteiger partial charge in [-0.05, 0) is 48.0 Å². The highest BCUT2D eigenvalue weighted by molar-refractivity contribution is 6.01. The molecule has 35 heavy (non-hydrogen) atoms. The predicted octanol–water partition coefficient (Wildman–Crippen LogP) is 5.15. The maximum Gasteiger partial charge on any atom is 0.416 e. The van der Waals surface area contributed by atoms with E-state index in [-0.39, 0.29) is 18.8 Å². The van der Waals surface area contributed by atoms with Crippen LogP contribution in [0.2, 0.25) is 0 Å². The van der Waals surface area contributed by atoms with Crippen molar-refractivity contribution < 1.29 is 36.7 Å². The third-order valence-electron chi connectivity index (χ3n) is 5.52. The molecule has 0 spiro atoms. The number of alkyl halides is 3. The molecule has 0 bridgehead atoms. The lowest BCUT2D eigenvalue weighted by Gasteiger charge is -2.24. The molecule has 0 saturated carbocycles. The zero-order valence-corrected chi connectivity index (χ0v) is 19.0. The van der Waals surface area contributed by atoms with Crippen LogP contribution in [-0.4, -0.2) is 43.4 Å². The SMILES string of the molecule is COc1ccc(C2=NO[C@H](CN(Cc3cccc(C(F)(F)F)c3)C(=O)c3ccco3)C2)cc1OC. The monoisotopic (exact) mass is 488 g/mol. The topological polar surface area (TPSA) is 73.5 Å². The van der Waals surface area contributed by atoms with E-state index in [1.165, 1.54) is 30.4 Å². The molecule has 0 saturated heterocycles. The van der Waals surface area contributed by atoms with E-state index < -0.39 is 23.8 Å². The van der Waals surface area contributed by atoms with Crippen molar-refractivity contribution in [1.82, 2.24) is 4.90 Å². The molecule has 0 fully saturated rings. The second-order valence-corrected chi connectivity index (χ2v) is 7.90. The first-order valence-electron chi connectivity index (χ1n) is 10.7. The van der Waals surface area contributed by atoms with Crippen molar-refractivity contribution in [3.63, 3.8) is 0 Å². The Hall–Kier alpha value is -3.95. The summed E-state index contributed by atoms with van der Waals surface area (Å²) < 4.78 is 55.3. The average molecular weight is 488 g/mol. The van der Waals surface area contributed by atoms with E-state index in [0.29, 0.717) is 29.2 Å². The van der Waals surface area contributed by atoms with Crippen molar-refractivity contribution in [2.24, 2.45) is 5.16 Å². The molecule has 10 heteroatoms. The Balaban J connectivity index is 1.51. The highest BCUT2D eigenvalue weighted by Gasteiger charge is 2.32. The van der Waals surface area contributed by atoms with Gasteiger partial charge < -0.3 is 23.6 Å². The summed E-state index contributed by atoms with van der Waals surface area (Å²) in [5.74, 6) is 0.727. The molecule has 2 aromatic carbocycles. The molecule has 0 N–H and O–H groups in total. The minimum Gasteiger partial charge on any atom is -0.493 e. The lowest BCUT2D eigenvalue weighted by molar-refractivity contribution is -0.137. The Kier molecular flexibility index (Phi) is 6.99. The number of oxime groups is 1. The fourth-order valence-electron chi connectivity index (χ4n) is 3.80. The van der Waals surface area contributed by atoms with E-state index in [9.17, 15) is 18.0 Å². The number of hydrogen-bond acceptors (Lipinski definition) is 6. The van der Waals surface area contributed by atoms with E-state index in [1.54, 1.807) is 31.4 Å². The summed E-state index contributed by atoms with van der Waals surface area (Å²) >= 11 is 0. The van der Waals surface area contributed by atoms with E-state index in [4.69, 9.17) is 18.7 Å². The average Bonchev–Trinajstić information content (AvgIpc) is 3.55. The second-order valence-electron chi connectivity index (χ2n) is 7.90. The van der Waals surface area contributed by atoms with Gasteiger partial charge in [-0.25, -0.2) is 0 Å². The molecule has 1 atom stereocenters. The molecular formula is C25H23F3N2O5. The van der Waals surface area contributed by atoms with Crippen molar-refractivity contribution >= 4 is 11.6 Å². The van der Waals surface area contributed by atoms with Gasteiger partial charge in [0.1, 0.15) is 0 Å². The Morgan fingerprint density at radius 1 is 1.09 bits per heavy atom. The number of carbonyl (C=O) groups excluding carboxylic acids is 1. The Bertz CT molecular complexity index is 1210. The van der Waals surface area contributed by atoms with Crippen LogP contribution in [0.5, 0.6) is 11.5 Å². The lowest BCUT2D eigenvalue weighted by Crippen LogP contribution is -2.37. The molecule has 7 nitrogen and oxygen atoms in total. The van der Waals surface area contributed by atoms with E-state index in [2.05, 4.69) is 5.16 Å². The van der Waals surface area contributed by atoms with Gasteiger partial charge >= 0.3 is 6.18 Å². The summed E-state index contributed by atoms with van der Waals surface area (Å²) in [4.78, 5) is 20.0. The Morgan fingerprint density at radius 2 is 1.89 bits per heavy atom. The van der Waals surface area contributed by atoms with Crippen molar-refractivity contribution in [2.75, 3.05) is 20.8 Å². The first kappa shape index (κ1) is 24.2. The minimum atomic E-state index is -4.48. The number of hydrogen-bond donors (Lipinski definition) is 0. The van der Waals surface area contributed by atoms with Crippen molar-refractivity contribution in [3.8, 4) is 11.5 Å². The van der Waals surface area contributed by atoms with Crippen molar-refractivity contribution in [3.05, 3.63) is 83.3 Å². The maximum atomic E-state index is 13.2. The fourth-order valence-corrected chi connectivity index (χ4v) is 3.80. The van der Waals surface area contributed by atoms with Crippen LogP contribution < -0.4 is 9.47 Å². The summed E-state index contributed by atoms with van der Waals surface area (Å²) in [6.07, 6.45) is -3.23. The molecule has 184 valence electrons. The number of carbonyl (C=O) groups is 1. The number of ether oxygens (including phenoxy) is 2. The van der Waals surface area contributed by atoms with Crippen LogP contribution in [0.25, 0.3) is 0 Å². The van der Waals surface area contributed by atoms with Gasteiger partial charge in [0.25, 0.3) is 5.91 Å². The first-order valence-corrected chi connectivity index (χ1v) is 10.7. The second kappa shape index (κ2) is 10.1. The zero-order chi connectivity index (χ0) is 25.0. The molecule has 2 heterocycles. The van der Waals surface area contributed by atoms with Gasteiger partial charge in [0.05, 0.1) is 38.3 Å². The largest absolute Gasteiger partial charge is 0.493 e. The molecule has 1 aliphatic rings. The highest BCUT2D eigenvalue weighted by atomic mass is 19.4. The summed E-state index contributed by atoms with van der Waals surface area (Å²) in [6.45, 7) is 0.0328. The highest BCUT2D eigenvalue weighted by Crippen LogP contribution is 2.31. The van der Waals surface area contributed by atoms with Crippen LogP contribution in [0.3, 0.4) is 0 Å². The van der Waals surface area contributed by atoms with Gasteiger partial charge in [-0.1, -0.05) is 17.3 Å². The van der Waals surface area contributed by atoms with Gasteiger partial charge in [0.2, 0.25) is 0 Å². The number of nitrogens with zero attached hydrogens (tertiary/aromatic N) is 2. The first-order chi connectivity index (χ1) is 16.8. The molecule has 1 amide bonds. The van der Waals surface area contributed by atoms with Crippen LogP contribution in [0, 0.1) is 0 Å². The van der Waals surface area contributed by atoms with E-state index in [0.717, 1.165) is 17.7 Å². The van der Waals surface area contributed by atoms with Gasteiger partial charge in [-0.3, -0.25) is 4.79 Å². The molecule has 1 aliphatic heterocycles. The van der Waals surface area contributed by atoms with Crippen molar-refractivity contribution in [1.29, 1.82) is 0 Å². The smallest absolute Gasteiger partial charge is 0.416 e. The zero-order valence-electron chi connectivity index (χ0n) is 19.0. The molecule has 0 aliphatic carbocycles. The van der Waals surface area contributed by atoms with Crippen molar-refractivity contribution in [2.45, 2.75) is 25.2 Å². The summed E-state index contributed by atoms with van der Waals surface area (Å²) in [5.41, 5.74) is 0.975. The van der Waals surface area contributed by atoms with Gasteiger partial charge in [0, 0.05) is 18.5 Å².